The van der Waals surface area contributed by atoms with Gasteiger partial charge in [-0.3, -0.25) is 9.69 Å². The fourth-order valence-electron chi connectivity index (χ4n) is 3.41. The zero-order valence-corrected chi connectivity index (χ0v) is 16.4. The number of nitrogens with one attached hydrogen (secondary N) is 1. The molecule has 0 aliphatic carbocycles. The van der Waals surface area contributed by atoms with Gasteiger partial charge in [-0.25, -0.2) is 4.39 Å². The summed E-state index contributed by atoms with van der Waals surface area (Å²) in [6.45, 7) is 2.61. The summed E-state index contributed by atoms with van der Waals surface area (Å²) in [5, 5.41) is 2.54. The Kier molecular flexibility index (Phi) is 7.44. The first-order valence-corrected chi connectivity index (χ1v) is 9.81. The maximum Gasteiger partial charge on any atom is 0.416 e. The Morgan fingerprint density at radius 3 is 2.47 bits per heavy atom. The summed E-state index contributed by atoms with van der Waals surface area (Å²) < 4.78 is 56.9. The predicted octanol–water partition coefficient (Wildman–Crippen LogP) is 4.71. The molecule has 8 heteroatoms. The SMILES string of the molecule is O=C(CN1CCC(COCc2ccc(F)cc2)CC1)Nc1cccc(C(F)(F)F)c1. The van der Waals surface area contributed by atoms with Crippen LogP contribution in [0.3, 0.4) is 0 Å². The molecule has 1 amide bonds. The van der Waals surface area contributed by atoms with Gasteiger partial charge >= 0.3 is 6.18 Å². The minimum absolute atomic E-state index is 0.138. The van der Waals surface area contributed by atoms with Crippen LogP contribution in [0.15, 0.2) is 48.5 Å². The molecule has 1 fully saturated rings. The molecule has 3 rings (SSSR count). The van der Waals surface area contributed by atoms with Crippen molar-refractivity contribution in [2.45, 2.75) is 25.6 Å². The number of ether oxygens (including phenoxy) is 1. The van der Waals surface area contributed by atoms with Crippen LogP contribution < -0.4 is 5.32 Å². The lowest BCUT2D eigenvalue weighted by molar-refractivity contribution is -0.137. The monoisotopic (exact) mass is 424 g/mol. The van der Waals surface area contributed by atoms with Crippen molar-refractivity contribution in [3.63, 3.8) is 0 Å². The van der Waals surface area contributed by atoms with E-state index in [1.165, 1.54) is 24.3 Å². The molecule has 0 atom stereocenters. The second-order valence-electron chi connectivity index (χ2n) is 7.49. The molecule has 2 aromatic rings. The van der Waals surface area contributed by atoms with E-state index in [-0.39, 0.29) is 24.0 Å². The molecule has 1 aliphatic heterocycles. The molecule has 0 spiro atoms. The Balaban J connectivity index is 1.37. The van der Waals surface area contributed by atoms with Gasteiger partial charge in [0.05, 0.1) is 18.7 Å². The predicted molar refractivity (Wildman–Crippen MR) is 105 cm³/mol. The van der Waals surface area contributed by atoms with Gasteiger partial charge in [0.2, 0.25) is 5.91 Å². The van der Waals surface area contributed by atoms with Crippen LogP contribution in [0, 0.1) is 11.7 Å². The standard InChI is InChI=1S/C22H24F4N2O2/c23-19-6-4-16(5-7-19)14-30-15-17-8-10-28(11-9-17)13-21(29)27-20-3-1-2-18(12-20)22(24,25)26/h1-7,12,17H,8-11,13-15H2,(H,27,29). The zero-order chi connectivity index (χ0) is 21.6. The third kappa shape index (κ3) is 6.81. The molecule has 0 unspecified atom stereocenters. The van der Waals surface area contributed by atoms with Gasteiger partial charge in [0.1, 0.15) is 5.82 Å². The minimum atomic E-state index is -4.44. The third-order valence-electron chi connectivity index (χ3n) is 5.08. The molecular formula is C22H24F4N2O2. The average Bonchev–Trinajstić information content (AvgIpc) is 2.70. The van der Waals surface area contributed by atoms with Crippen LogP contribution in [0.2, 0.25) is 0 Å². The van der Waals surface area contributed by atoms with E-state index in [9.17, 15) is 22.4 Å². The van der Waals surface area contributed by atoms with Gasteiger partial charge in [-0.05, 0) is 67.7 Å². The lowest BCUT2D eigenvalue weighted by Crippen LogP contribution is -2.40. The van der Waals surface area contributed by atoms with Gasteiger partial charge in [0.25, 0.3) is 0 Å². The van der Waals surface area contributed by atoms with Crippen LogP contribution >= 0.6 is 0 Å². The van der Waals surface area contributed by atoms with Crippen LogP contribution in [0.1, 0.15) is 24.0 Å². The molecule has 1 saturated heterocycles. The van der Waals surface area contributed by atoms with Gasteiger partial charge in [-0.2, -0.15) is 13.2 Å². The molecule has 0 radical (unpaired) electrons. The molecule has 0 saturated carbocycles. The summed E-state index contributed by atoms with van der Waals surface area (Å²) in [7, 11) is 0. The summed E-state index contributed by atoms with van der Waals surface area (Å²) in [5.41, 5.74) is 0.265. The van der Waals surface area contributed by atoms with Crippen LogP contribution in [0.4, 0.5) is 23.2 Å². The van der Waals surface area contributed by atoms with E-state index in [2.05, 4.69) is 5.32 Å². The van der Waals surface area contributed by atoms with Crippen molar-refractivity contribution in [3.05, 3.63) is 65.5 Å². The third-order valence-corrected chi connectivity index (χ3v) is 5.08. The Morgan fingerprint density at radius 1 is 1.10 bits per heavy atom. The topological polar surface area (TPSA) is 41.6 Å². The van der Waals surface area contributed by atoms with Gasteiger partial charge in [-0.15, -0.1) is 0 Å². The van der Waals surface area contributed by atoms with Crippen molar-refractivity contribution in [1.82, 2.24) is 4.90 Å². The van der Waals surface area contributed by atoms with Crippen LogP contribution in [-0.2, 0) is 22.3 Å². The average molecular weight is 424 g/mol. The number of piperidine rings is 1. The van der Waals surface area contributed by atoms with Crippen molar-refractivity contribution in [1.29, 1.82) is 0 Å². The molecule has 0 aromatic heterocycles. The van der Waals surface area contributed by atoms with E-state index < -0.39 is 11.7 Å². The summed E-state index contributed by atoms with van der Waals surface area (Å²) in [4.78, 5) is 14.2. The summed E-state index contributed by atoms with van der Waals surface area (Å²) >= 11 is 0. The van der Waals surface area contributed by atoms with Gasteiger partial charge < -0.3 is 10.1 Å². The van der Waals surface area contributed by atoms with Crippen LogP contribution in [0.5, 0.6) is 0 Å². The molecule has 162 valence electrons. The van der Waals surface area contributed by atoms with Crippen molar-refractivity contribution in [2.24, 2.45) is 5.92 Å². The lowest BCUT2D eigenvalue weighted by atomic mass is 9.98. The Hall–Kier alpha value is -2.45. The number of hydrogen-bond acceptors (Lipinski definition) is 3. The van der Waals surface area contributed by atoms with E-state index in [4.69, 9.17) is 4.74 Å². The number of hydrogen-bond donors (Lipinski definition) is 1. The number of alkyl halides is 3. The van der Waals surface area contributed by atoms with Crippen molar-refractivity contribution < 1.29 is 27.1 Å². The second-order valence-corrected chi connectivity index (χ2v) is 7.49. The number of rotatable bonds is 7. The first-order valence-electron chi connectivity index (χ1n) is 9.81. The fourth-order valence-corrected chi connectivity index (χ4v) is 3.41. The first kappa shape index (κ1) is 22.2. The Bertz CT molecular complexity index is 832. The van der Waals surface area contributed by atoms with Crippen molar-refractivity contribution >= 4 is 11.6 Å². The Morgan fingerprint density at radius 2 is 1.80 bits per heavy atom. The minimum Gasteiger partial charge on any atom is -0.376 e. The maximum atomic E-state index is 12.9. The second kappa shape index (κ2) is 10.0. The van der Waals surface area contributed by atoms with Crippen LogP contribution in [0.25, 0.3) is 0 Å². The summed E-state index contributed by atoms with van der Waals surface area (Å²) in [5.74, 6) is -0.225. The number of amides is 1. The molecular weight excluding hydrogens is 400 g/mol. The highest BCUT2D eigenvalue weighted by Gasteiger charge is 2.30. The van der Waals surface area contributed by atoms with Gasteiger partial charge in [-0.1, -0.05) is 18.2 Å². The van der Waals surface area contributed by atoms with Gasteiger partial charge in [0.15, 0.2) is 0 Å². The van der Waals surface area contributed by atoms with E-state index in [0.29, 0.717) is 19.1 Å². The molecule has 1 aliphatic rings. The van der Waals surface area contributed by atoms with Crippen LogP contribution in [-0.4, -0.2) is 37.0 Å². The number of likely N-dealkylation sites (tertiary alicyclic amines) is 1. The number of carbonyl (C=O) groups excluding carboxylic acids is 1. The van der Waals surface area contributed by atoms with E-state index >= 15 is 0 Å². The summed E-state index contributed by atoms with van der Waals surface area (Å²) in [6.07, 6.45) is -2.69. The van der Waals surface area contributed by atoms with E-state index in [1.807, 2.05) is 4.90 Å². The van der Waals surface area contributed by atoms with E-state index in [0.717, 1.165) is 43.6 Å². The number of nitrogens with zero attached hydrogens (tertiary/aromatic N) is 1. The highest BCUT2D eigenvalue weighted by Crippen LogP contribution is 2.30. The molecule has 4 nitrogen and oxygen atoms in total. The quantitative estimate of drug-likeness (QED) is 0.655. The highest BCUT2D eigenvalue weighted by molar-refractivity contribution is 5.92. The van der Waals surface area contributed by atoms with Gasteiger partial charge in [0, 0.05) is 12.3 Å². The van der Waals surface area contributed by atoms with Crippen molar-refractivity contribution in [3.8, 4) is 0 Å². The molecule has 1 heterocycles. The highest BCUT2D eigenvalue weighted by atomic mass is 19.4. The number of carbonyl (C=O) groups is 1. The molecule has 2 aromatic carbocycles. The van der Waals surface area contributed by atoms with E-state index in [1.54, 1.807) is 12.1 Å². The number of halogens is 4. The summed E-state index contributed by atoms with van der Waals surface area (Å²) in [6, 6.07) is 10.8. The van der Waals surface area contributed by atoms with Crippen molar-refractivity contribution in [2.75, 3.05) is 31.6 Å². The number of benzene rings is 2. The molecule has 30 heavy (non-hydrogen) atoms. The lowest BCUT2D eigenvalue weighted by Gasteiger charge is -2.31. The smallest absolute Gasteiger partial charge is 0.376 e. The number of anilines is 1. The largest absolute Gasteiger partial charge is 0.416 e. The molecule has 1 N–H and O–H groups in total. The molecule has 0 bridgehead atoms. The maximum absolute atomic E-state index is 12.9. The fraction of sp³-hybridized carbons (Fsp3) is 0.409. The zero-order valence-electron chi connectivity index (χ0n) is 16.4. The Labute approximate surface area is 172 Å². The normalized spacial score (nSPS) is 15.9. The first-order chi connectivity index (χ1) is 14.3.